The number of carbonyl (C=O) groups excluding carboxylic acids is 1. The van der Waals surface area contributed by atoms with Crippen molar-refractivity contribution in [3.63, 3.8) is 0 Å². The number of benzene rings is 1. The first-order chi connectivity index (χ1) is 10.6. The molecule has 1 fully saturated rings. The van der Waals surface area contributed by atoms with Gasteiger partial charge in [-0.05, 0) is 30.7 Å². The molecule has 0 aromatic heterocycles. The third-order valence-corrected chi connectivity index (χ3v) is 4.14. The summed E-state index contributed by atoms with van der Waals surface area (Å²) in [7, 11) is 1.59. The van der Waals surface area contributed by atoms with Gasteiger partial charge in [0, 0.05) is 19.2 Å². The summed E-state index contributed by atoms with van der Waals surface area (Å²) >= 11 is 0. The van der Waals surface area contributed by atoms with E-state index in [1.807, 2.05) is 0 Å². The van der Waals surface area contributed by atoms with Crippen LogP contribution in [0.2, 0.25) is 0 Å². The first-order valence-electron chi connectivity index (χ1n) is 7.20. The van der Waals surface area contributed by atoms with E-state index in [-0.39, 0.29) is 37.1 Å². The van der Waals surface area contributed by atoms with Gasteiger partial charge in [-0.1, -0.05) is 0 Å². The lowest BCUT2D eigenvalue weighted by molar-refractivity contribution is -0.129. The van der Waals surface area contributed by atoms with Crippen LogP contribution >= 0.6 is 0 Å². The summed E-state index contributed by atoms with van der Waals surface area (Å²) in [5.41, 5.74) is 1.01. The van der Waals surface area contributed by atoms with Gasteiger partial charge in [0.25, 0.3) is 5.91 Å². The number of aliphatic hydroxyl groups excluding tert-OH is 1. The molecule has 0 radical (unpaired) electrons. The number of carbonyl (C=O) groups is 1. The standard InChI is InChI=1S/C16H18FNO4/c1-21-14-6-13(8-19)18(7-14)16(20)11-4-10-5-12(17)2-3-15(10)22-9-11/h2-5,13-14,19H,6-9H2,1H3/t13-,14+/m0/s1. The maximum Gasteiger partial charge on any atom is 0.253 e. The zero-order chi connectivity index (χ0) is 15.7. The topological polar surface area (TPSA) is 59.0 Å². The van der Waals surface area contributed by atoms with Crippen molar-refractivity contribution >= 4 is 12.0 Å². The number of nitrogens with zero attached hydrogens (tertiary/aromatic N) is 1. The molecule has 118 valence electrons. The number of methoxy groups -OCH3 is 1. The summed E-state index contributed by atoms with van der Waals surface area (Å²) in [6.45, 7) is 0.475. The second-order valence-electron chi connectivity index (χ2n) is 5.53. The van der Waals surface area contributed by atoms with Crippen molar-refractivity contribution < 1.29 is 23.8 Å². The Morgan fingerprint density at radius 2 is 2.36 bits per heavy atom. The van der Waals surface area contributed by atoms with E-state index >= 15 is 0 Å². The third-order valence-electron chi connectivity index (χ3n) is 4.14. The maximum absolute atomic E-state index is 13.3. The van der Waals surface area contributed by atoms with Crippen LogP contribution in [0.4, 0.5) is 4.39 Å². The van der Waals surface area contributed by atoms with E-state index in [2.05, 4.69) is 0 Å². The lowest BCUT2D eigenvalue weighted by Crippen LogP contribution is -2.40. The highest BCUT2D eigenvalue weighted by Crippen LogP contribution is 2.29. The monoisotopic (exact) mass is 307 g/mol. The molecule has 1 aromatic rings. The van der Waals surface area contributed by atoms with Crippen molar-refractivity contribution in [3.05, 3.63) is 35.2 Å². The van der Waals surface area contributed by atoms with E-state index in [1.165, 1.54) is 12.1 Å². The van der Waals surface area contributed by atoms with E-state index in [1.54, 1.807) is 24.2 Å². The Morgan fingerprint density at radius 3 is 3.09 bits per heavy atom. The fourth-order valence-electron chi connectivity index (χ4n) is 2.92. The molecule has 1 N–H and O–H groups in total. The van der Waals surface area contributed by atoms with Crippen LogP contribution in [0.15, 0.2) is 23.8 Å². The van der Waals surface area contributed by atoms with E-state index in [0.29, 0.717) is 29.9 Å². The molecule has 2 atom stereocenters. The smallest absolute Gasteiger partial charge is 0.253 e. The van der Waals surface area contributed by atoms with E-state index in [9.17, 15) is 14.3 Å². The second-order valence-corrected chi connectivity index (χ2v) is 5.53. The van der Waals surface area contributed by atoms with E-state index in [4.69, 9.17) is 9.47 Å². The van der Waals surface area contributed by atoms with Crippen LogP contribution in [0.5, 0.6) is 5.75 Å². The first-order valence-corrected chi connectivity index (χ1v) is 7.20. The van der Waals surface area contributed by atoms with Crippen LogP contribution in [0.25, 0.3) is 6.08 Å². The molecule has 1 amide bonds. The Balaban J connectivity index is 1.83. The highest BCUT2D eigenvalue weighted by atomic mass is 19.1. The fourth-order valence-corrected chi connectivity index (χ4v) is 2.92. The van der Waals surface area contributed by atoms with Gasteiger partial charge in [-0.3, -0.25) is 4.79 Å². The second kappa shape index (κ2) is 6.06. The number of fused-ring (bicyclic) bond motifs is 1. The van der Waals surface area contributed by atoms with E-state index < -0.39 is 0 Å². The number of amides is 1. The van der Waals surface area contributed by atoms with Crippen LogP contribution in [-0.2, 0) is 9.53 Å². The van der Waals surface area contributed by atoms with Gasteiger partial charge in [-0.25, -0.2) is 4.39 Å². The van der Waals surface area contributed by atoms with Crippen molar-refractivity contribution in [2.75, 3.05) is 26.9 Å². The summed E-state index contributed by atoms with van der Waals surface area (Å²) < 4.78 is 24.1. The zero-order valence-corrected chi connectivity index (χ0v) is 12.3. The summed E-state index contributed by atoms with van der Waals surface area (Å²) in [6, 6.07) is 3.96. The normalized spacial score (nSPS) is 23.8. The lowest BCUT2D eigenvalue weighted by atomic mass is 10.1. The molecule has 2 heterocycles. The predicted molar refractivity (Wildman–Crippen MR) is 77.9 cm³/mol. The molecular weight excluding hydrogens is 289 g/mol. The first kappa shape index (κ1) is 15.0. The van der Waals surface area contributed by atoms with Crippen molar-refractivity contribution in [1.82, 2.24) is 4.90 Å². The fraction of sp³-hybridized carbons (Fsp3) is 0.438. The number of ether oxygens (including phenoxy) is 2. The Labute approximate surface area is 127 Å². The molecular formula is C16H18FNO4. The Hall–Kier alpha value is -1.92. The molecule has 1 saturated heterocycles. The van der Waals surface area contributed by atoms with Crippen LogP contribution in [0, 0.1) is 5.82 Å². The minimum absolute atomic E-state index is 0.0732. The molecule has 0 unspecified atom stereocenters. The number of hydrogen-bond donors (Lipinski definition) is 1. The molecule has 22 heavy (non-hydrogen) atoms. The molecule has 0 spiro atoms. The van der Waals surface area contributed by atoms with Gasteiger partial charge in [-0.15, -0.1) is 0 Å². The SMILES string of the molecule is CO[C@@H]1C[C@@H](CO)N(C(=O)C2=Cc3cc(F)ccc3OC2)C1. The molecule has 0 bridgehead atoms. The van der Waals surface area contributed by atoms with Gasteiger partial charge in [0.2, 0.25) is 0 Å². The van der Waals surface area contributed by atoms with Gasteiger partial charge in [0.1, 0.15) is 18.2 Å². The van der Waals surface area contributed by atoms with Crippen molar-refractivity contribution in [3.8, 4) is 5.75 Å². The number of rotatable bonds is 3. The molecule has 5 nitrogen and oxygen atoms in total. The van der Waals surface area contributed by atoms with Crippen LogP contribution in [-0.4, -0.2) is 54.9 Å². The largest absolute Gasteiger partial charge is 0.488 e. The van der Waals surface area contributed by atoms with Crippen LogP contribution < -0.4 is 4.74 Å². The molecule has 1 aromatic carbocycles. The summed E-state index contributed by atoms with van der Waals surface area (Å²) in [5, 5.41) is 9.44. The number of halogens is 1. The van der Waals surface area contributed by atoms with Crippen molar-refractivity contribution in [1.29, 1.82) is 0 Å². The van der Waals surface area contributed by atoms with Gasteiger partial charge >= 0.3 is 0 Å². The van der Waals surface area contributed by atoms with Crippen LogP contribution in [0.1, 0.15) is 12.0 Å². The minimum Gasteiger partial charge on any atom is -0.488 e. The highest BCUT2D eigenvalue weighted by molar-refractivity contribution is 5.99. The lowest BCUT2D eigenvalue weighted by Gasteiger charge is -2.26. The third kappa shape index (κ3) is 2.71. The van der Waals surface area contributed by atoms with Crippen molar-refractivity contribution in [2.45, 2.75) is 18.6 Å². The van der Waals surface area contributed by atoms with Crippen LogP contribution in [0.3, 0.4) is 0 Å². The average molecular weight is 307 g/mol. The quantitative estimate of drug-likeness (QED) is 0.912. The average Bonchev–Trinajstić information content (AvgIpc) is 2.96. The molecule has 6 heteroatoms. The summed E-state index contributed by atoms with van der Waals surface area (Å²) in [4.78, 5) is 14.2. The van der Waals surface area contributed by atoms with E-state index in [0.717, 1.165) is 0 Å². The molecule has 2 aliphatic heterocycles. The Kier molecular flexibility index (Phi) is 4.13. The Morgan fingerprint density at radius 1 is 1.55 bits per heavy atom. The summed E-state index contributed by atoms with van der Waals surface area (Å²) in [6.07, 6.45) is 2.19. The minimum atomic E-state index is -0.374. The number of hydrogen-bond acceptors (Lipinski definition) is 4. The van der Waals surface area contributed by atoms with Gasteiger partial charge < -0.3 is 19.5 Å². The van der Waals surface area contributed by atoms with Gasteiger partial charge in [0.15, 0.2) is 0 Å². The van der Waals surface area contributed by atoms with Gasteiger partial charge in [0.05, 0.1) is 24.3 Å². The summed E-state index contributed by atoms with van der Waals surface area (Å²) in [5.74, 6) is -0.0116. The predicted octanol–water partition coefficient (Wildman–Crippen LogP) is 1.21. The van der Waals surface area contributed by atoms with Gasteiger partial charge in [-0.2, -0.15) is 0 Å². The molecule has 0 saturated carbocycles. The molecule has 2 aliphatic rings. The number of aliphatic hydroxyl groups is 1. The van der Waals surface area contributed by atoms with Crippen molar-refractivity contribution in [2.24, 2.45) is 0 Å². The zero-order valence-electron chi connectivity index (χ0n) is 12.3. The Bertz CT molecular complexity index is 616. The maximum atomic E-state index is 13.3. The highest BCUT2D eigenvalue weighted by Gasteiger charge is 2.36. The molecule has 3 rings (SSSR count). The number of likely N-dealkylation sites (tertiary alicyclic amines) is 1. The molecule has 0 aliphatic carbocycles.